The highest BCUT2D eigenvalue weighted by Gasteiger charge is 2.36. The van der Waals surface area contributed by atoms with Gasteiger partial charge in [0.05, 0.1) is 29.7 Å². The first kappa shape index (κ1) is 26.4. The van der Waals surface area contributed by atoms with Crippen LogP contribution in [-0.2, 0) is 24.4 Å². The first-order valence-corrected chi connectivity index (χ1v) is 11.9. The summed E-state index contributed by atoms with van der Waals surface area (Å²) < 4.78 is 2.12. The number of nitrogens with zero attached hydrogens (tertiary/aromatic N) is 5. The molecule has 1 amide bonds. The van der Waals surface area contributed by atoms with Gasteiger partial charge < -0.3 is 15.2 Å². The Balaban J connectivity index is 0.00000342. The number of unbranched alkanes of at least 4 members (excludes halogenated alkanes) is 1. The number of amides is 1. The molecule has 0 saturated carbocycles. The molecule has 1 fully saturated rings. The van der Waals surface area contributed by atoms with E-state index >= 15 is 0 Å². The summed E-state index contributed by atoms with van der Waals surface area (Å²) in [5.41, 5.74) is 9.74. The molecule has 35 heavy (non-hydrogen) atoms. The standard InChI is InChI=1S/C27H32N6O.ClH/c28-13-4-5-14-31(26-12-15-32(27(26)34)18-23-6-2-1-3-7-23)20-25-17-30-21-33(25)19-24-10-8-22(16-29)9-11-24;/h1-3,6-11,17,21,26H,4-5,12-15,18-20,28H2;1H/t26-;/m0./s1. The SMILES string of the molecule is Cl.N#Cc1ccc(Cn2cncc2CN(CCCCN)[C@H]2CCN(Cc3ccccc3)C2=O)cc1. The quantitative estimate of drug-likeness (QED) is 0.413. The molecule has 1 aliphatic rings. The van der Waals surface area contributed by atoms with Gasteiger partial charge in [-0.2, -0.15) is 5.26 Å². The Morgan fingerprint density at radius 3 is 2.51 bits per heavy atom. The number of carbonyl (C=O) groups excluding carboxylic acids is 1. The second kappa shape index (κ2) is 13.1. The van der Waals surface area contributed by atoms with E-state index < -0.39 is 0 Å². The largest absolute Gasteiger partial charge is 0.337 e. The number of halogens is 1. The Kier molecular flexibility index (Phi) is 9.86. The lowest BCUT2D eigenvalue weighted by molar-refractivity contribution is -0.132. The van der Waals surface area contributed by atoms with Gasteiger partial charge in [-0.05, 0) is 55.6 Å². The minimum atomic E-state index is -0.125. The lowest BCUT2D eigenvalue weighted by Gasteiger charge is -2.28. The van der Waals surface area contributed by atoms with Gasteiger partial charge >= 0.3 is 0 Å². The zero-order chi connectivity index (χ0) is 23.8. The first-order chi connectivity index (χ1) is 16.7. The molecule has 0 aliphatic carbocycles. The van der Waals surface area contributed by atoms with Crippen LogP contribution >= 0.6 is 12.4 Å². The molecule has 1 saturated heterocycles. The number of imidazole rings is 1. The van der Waals surface area contributed by atoms with E-state index in [9.17, 15) is 4.79 Å². The van der Waals surface area contributed by atoms with Gasteiger partial charge in [0.15, 0.2) is 0 Å². The monoisotopic (exact) mass is 492 g/mol. The number of hydrogen-bond acceptors (Lipinski definition) is 5. The average Bonchev–Trinajstić information content (AvgIpc) is 3.45. The van der Waals surface area contributed by atoms with E-state index in [-0.39, 0.29) is 24.4 Å². The molecular formula is C27H33ClN6O. The van der Waals surface area contributed by atoms with Crippen molar-refractivity contribution >= 4 is 18.3 Å². The van der Waals surface area contributed by atoms with Crippen LogP contribution in [0.3, 0.4) is 0 Å². The summed E-state index contributed by atoms with van der Waals surface area (Å²) in [5.74, 6) is 0.203. The van der Waals surface area contributed by atoms with Crippen molar-refractivity contribution in [2.75, 3.05) is 19.6 Å². The van der Waals surface area contributed by atoms with Crippen molar-refractivity contribution < 1.29 is 4.79 Å². The molecule has 1 aromatic heterocycles. The van der Waals surface area contributed by atoms with Crippen LogP contribution in [0, 0.1) is 11.3 Å². The van der Waals surface area contributed by atoms with E-state index in [4.69, 9.17) is 11.0 Å². The highest BCUT2D eigenvalue weighted by molar-refractivity contribution is 5.85. The predicted molar refractivity (Wildman–Crippen MR) is 139 cm³/mol. The Bertz CT molecular complexity index is 1110. The van der Waals surface area contributed by atoms with Gasteiger partial charge in [-0.15, -0.1) is 12.4 Å². The molecule has 2 N–H and O–H groups in total. The molecule has 1 atom stereocenters. The second-order valence-corrected chi connectivity index (χ2v) is 8.84. The van der Waals surface area contributed by atoms with Gasteiger partial charge in [-0.3, -0.25) is 9.69 Å². The van der Waals surface area contributed by atoms with Crippen LogP contribution in [0.4, 0.5) is 0 Å². The van der Waals surface area contributed by atoms with Crippen molar-refractivity contribution in [3.05, 3.63) is 89.5 Å². The third-order valence-electron chi connectivity index (χ3n) is 6.43. The van der Waals surface area contributed by atoms with Gasteiger partial charge in [0.1, 0.15) is 0 Å². The molecule has 0 spiro atoms. The van der Waals surface area contributed by atoms with Crippen LogP contribution < -0.4 is 5.73 Å². The molecule has 0 unspecified atom stereocenters. The molecule has 0 radical (unpaired) electrons. The number of aromatic nitrogens is 2. The minimum absolute atomic E-state index is 0. The van der Waals surface area contributed by atoms with Crippen LogP contribution in [0.5, 0.6) is 0 Å². The lowest BCUT2D eigenvalue weighted by Crippen LogP contribution is -2.42. The van der Waals surface area contributed by atoms with Crippen molar-refractivity contribution in [2.24, 2.45) is 5.73 Å². The number of hydrogen-bond donors (Lipinski definition) is 1. The summed E-state index contributed by atoms with van der Waals surface area (Å²) in [6.07, 6.45) is 6.46. The maximum atomic E-state index is 13.4. The van der Waals surface area contributed by atoms with Crippen molar-refractivity contribution in [3.63, 3.8) is 0 Å². The maximum Gasteiger partial charge on any atom is 0.240 e. The summed E-state index contributed by atoms with van der Waals surface area (Å²) in [7, 11) is 0. The molecular weight excluding hydrogens is 460 g/mol. The van der Waals surface area contributed by atoms with Gasteiger partial charge in [0.2, 0.25) is 5.91 Å². The zero-order valence-corrected chi connectivity index (χ0v) is 20.7. The molecule has 7 nitrogen and oxygen atoms in total. The van der Waals surface area contributed by atoms with Crippen LogP contribution in [0.2, 0.25) is 0 Å². The second-order valence-electron chi connectivity index (χ2n) is 8.84. The van der Waals surface area contributed by atoms with Crippen LogP contribution in [0.1, 0.15) is 41.6 Å². The third-order valence-corrected chi connectivity index (χ3v) is 6.43. The summed E-state index contributed by atoms with van der Waals surface area (Å²) in [6, 6.07) is 19.8. The number of rotatable bonds is 11. The topological polar surface area (TPSA) is 91.2 Å². The Morgan fingerprint density at radius 1 is 1.06 bits per heavy atom. The van der Waals surface area contributed by atoms with Gasteiger partial charge in [0.25, 0.3) is 0 Å². The van der Waals surface area contributed by atoms with Crippen molar-refractivity contribution in [1.29, 1.82) is 5.26 Å². The molecule has 0 bridgehead atoms. The van der Waals surface area contributed by atoms with Crippen LogP contribution in [0.15, 0.2) is 67.1 Å². The van der Waals surface area contributed by atoms with Crippen LogP contribution in [-0.4, -0.2) is 50.9 Å². The van der Waals surface area contributed by atoms with Crippen molar-refractivity contribution in [2.45, 2.75) is 44.9 Å². The number of carbonyl (C=O) groups is 1. The molecule has 4 rings (SSSR count). The Morgan fingerprint density at radius 2 is 1.80 bits per heavy atom. The number of benzene rings is 2. The highest BCUT2D eigenvalue weighted by atomic mass is 35.5. The third kappa shape index (κ3) is 6.92. The molecule has 2 aromatic carbocycles. The fraction of sp³-hybridized carbons (Fsp3) is 0.370. The highest BCUT2D eigenvalue weighted by Crippen LogP contribution is 2.22. The number of likely N-dealkylation sites (tertiary alicyclic amines) is 1. The molecule has 184 valence electrons. The first-order valence-electron chi connectivity index (χ1n) is 11.9. The van der Waals surface area contributed by atoms with E-state index in [1.54, 1.807) is 0 Å². The average molecular weight is 493 g/mol. The fourth-order valence-electron chi connectivity index (χ4n) is 4.54. The minimum Gasteiger partial charge on any atom is -0.337 e. The Labute approximate surface area is 213 Å². The molecule has 2 heterocycles. The normalized spacial score (nSPS) is 15.3. The van der Waals surface area contributed by atoms with E-state index in [0.717, 1.165) is 49.2 Å². The van der Waals surface area contributed by atoms with Gasteiger partial charge in [0, 0.05) is 32.4 Å². The Hall–Kier alpha value is -3.18. The molecule has 8 heteroatoms. The van der Waals surface area contributed by atoms with Gasteiger partial charge in [-0.25, -0.2) is 4.98 Å². The van der Waals surface area contributed by atoms with Gasteiger partial charge in [-0.1, -0.05) is 42.5 Å². The van der Waals surface area contributed by atoms with E-state index in [0.29, 0.717) is 31.7 Å². The summed E-state index contributed by atoms with van der Waals surface area (Å²) in [6.45, 7) is 4.25. The van der Waals surface area contributed by atoms with E-state index in [2.05, 4.69) is 32.7 Å². The predicted octanol–water partition coefficient (Wildman–Crippen LogP) is 3.57. The van der Waals surface area contributed by atoms with Crippen LogP contribution in [0.25, 0.3) is 0 Å². The summed E-state index contributed by atoms with van der Waals surface area (Å²) >= 11 is 0. The lowest BCUT2D eigenvalue weighted by atomic mass is 10.1. The molecule has 1 aliphatic heterocycles. The fourth-order valence-corrected chi connectivity index (χ4v) is 4.54. The van der Waals surface area contributed by atoms with E-state index in [1.807, 2.05) is 59.9 Å². The van der Waals surface area contributed by atoms with Crippen molar-refractivity contribution in [1.82, 2.24) is 19.4 Å². The van der Waals surface area contributed by atoms with Crippen molar-refractivity contribution in [3.8, 4) is 6.07 Å². The number of nitriles is 1. The van der Waals surface area contributed by atoms with E-state index in [1.165, 1.54) is 0 Å². The maximum absolute atomic E-state index is 13.4. The zero-order valence-electron chi connectivity index (χ0n) is 19.9. The molecule has 3 aromatic rings. The number of nitrogens with two attached hydrogens (primary N) is 1. The summed E-state index contributed by atoms with van der Waals surface area (Å²) in [4.78, 5) is 22.0. The summed E-state index contributed by atoms with van der Waals surface area (Å²) in [5, 5.41) is 9.03. The smallest absolute Gasteiger partial charge is 0.240 e.